The summed E-state index contributed by atoms with van der Waals surface area (Å²) >= 11 is 0. The number of hydrogen-bond acceptors (Lipinski definition) is 6. The van der Waals surface area contributed by atoms with E-state index in [0.29, 0.717) is 17.3 Å². The summed E-state index contributed by atoms with van der Waals surface area (Å²) < 4.78 is 6.76. The Labute approximate surface area is 121 Å². The highest BCUT2D eigenvalue weighted by molar-refractivity contribution is 6.14. The molecule has 8 nitrogen and oxygen atoms in total. The lowest BCUT2D eigenvalue weighted by molar-refractivity contribution is -0.117. The van der Waals surface area contributed by atoms with E-state index >= 15 is 0 Å². The monoisotopic (exact) mass is 286 g/mol. The summed E-state index contributed by atoms with van der Waals surface area (Å²) in [6.07, 6.45) is 3.46. The standard InChI is InChI=1S/C13H14N6O2/c1-9(21-2)10-8-13(20)19(17-10)12-5-4-11(15-16-12)18-7-3-6-14-18/h3-7,9H,8H2,1-2H3. The fraction of sp³-hybridized carbons (Fsp3) is 0.308. The number of rotatable bonds is 4. The van der Waals surface area contributed by atoms with Gasteiger partial charge in [0.25, 0.3) is 5.91 Å². The van der Waals surface area contributed by atoms with E-state index in [9.17, 15) is 4.79 Å². The Morgan fingerprint density at radius 2 is 2.05 bits per heavy atom. The number of ether oxygens (including phenoxy) is 1. The van der Waals surface area contributed by atoms with Gasteiger partial charge in [-0.1, -0.05) is 0 Å². The normalized spacial score (nSPS) is 16.2. The zero-order chi connectivity index (χ0) is 14.8. The molecule has 0 radical (unpaired) electrons. The first-order valence-electron chi connectivity index (χ1n) is 6.46. The largest absolute Gasteiger partial charge is 0.376 e. The first-order valence-corrected chi connectivity index (χ1v) is 6.46. The number of carbonyl (C=O) groups excluding carboxylic acids is 1. The average Bonchev–Trinajstić information content (AvgIpc) is 3.16. The van der Waals surface area contributed by atoms with E-state index in [1.165, 1.54) is 5.01 Å². The third kappa shape index (κ3) is 2.52. The van der Waals surface area contributed by atoms with Gasteiger partial charge in [-0.3, -0.25) is 4.79 Å². The van der Waals surface area contributed by atoms with Crippen LogP contribution in [-0.4, -0.2) is 44.8 Å². The molecule has 2 aromatic rings. The lowest BCUT2D eigenvalue weighted by atomic mass is 10.2. The topological polar surface area (TPSA) is 85.5 Å². The molecule has 0 aromatic carbocycles. The highest BCUT2D eigenvalue weighted by atomic mass is 16.5. The van der Waals surface area contributed by atoms with Crippen molar-refractivity contribution in [2.24, 2.45) is 5.10 Å². The molecule has 3 heterocycles. The lowest BCUT2D eigenvalue weighted by Crippen LogP contribution is -2.21. The van der Waals surface area contributed by atoms with Gasteiger partial charge in [-0.15, -0.1) is 10.2 Å². The Balaban J connectivity index is 1.84. The van der Waals surface area contributed by atoms with E-state index in [1.807, 2.05) is 6.92 Å². The molecule has 1 aliphatic rings. The van der Waals surface area contributed by atoms with Crippen LogP contribution in [0.1, 0.15) is 13.3 Å². The third-order valence-corrected chi connectivity index (χ3v) is 3.21. The second kappa shape index (κ2) is 5.41. The summed E-state index contributed by atoms with van der Waals surface area (Å²) in [4.78, 5) is 12.0. The van der Waals surface area contributed by atoms with Crippen molar-refractivity contribution in [3.8, 4) is 5.82 Å². The number of nitrogens with zero attached hydrogens (tertiary/aromatic N) is 6. The molecule has 3 rings (SSSR count). The predicted molar refractivity (Wildman–Crippen MR) is 75.2 cm³/mol. The van der Waals surface area contributed by atoms with Gasteiger partial charge in [0.2, 0.25) is 0 Å². The van der Waals surface area contributed by atoms with Crippen LogP contribution in [0.25, 0.3) is 5.82 Å². The predicted octanol–water partition coefficient (Wildman–Crippen LogP) is 0.790. The molecule has 0 fully saturated rings. The molecule has 108 valence electrons. The summed E-state index contributed by atoms with van der Waals surface area (Å²) in [5.41, 5.74) is 0.681. The number of aromatic nitrogens is 4. The summed E-state index contributed by atoms with van der Waals surface area (Å²) in [7, 11) is 1.58. The fourth-order valence-corrected chi connectivity index (χ4v) is 1.95. The maximum Gasteiger partial charge on any atom is 0.254 e. The maximum atomic E-state index is 12.0. The lowest BCUT2D eigenvalue weighted by Gasteiger charge is -2.10. The number of hydrazone groups is 1. The van der Waals surface area contributed by atoms with Gasteiger partial charge in [0, 0.05) is 19.5 Å². The molecule has 0 N–H and O–H groups in total. The van der Waals surface area contributed by atoms with Crippen LogP contribution in [0.4, 0.5) is 5.82 Å². The summed E-state index contributed by atoms with van der Waals surface area (Å²) in [5.74, 6) is 0.814. The van der Waals surface area contributed by atoms with Gasteiger partial charge in [-0.05, 0) is 25.1 Å². The van der Waals surface area contributed by atoms with Crippen LogP contribution in [0.2, 0.25) is 0 Å². The quantitative estimate of drug-likeness (QED) is 0.829. The fourth-order valence-electron chi connectivity index (χ4n) is 1.95. The Hall–Kier alpha value is -2.61. The van der Waals surface area contributed by atoms with Crippen LogP contribution < -0.4 is 5.01 Å². The molecular formula is C13H14N6O2. The van der Waals surface area contributed by atoms with E-state index in [1.54, 1.807) is 42.4 Å². The maximum absolute atomic E-state index is 12.0. The Morgan fingerprint density at radius 3 is 2.67 bits per heavy atom. The van der Waals surface area contributed by atoms with Crippen LogP contribution in [0, 0.1) is 0 Å². The van der Waals surface area contributed by atoms with Crippen molar-refractivity contribution in [3.05, 3.63) is 30.6 Å². The molecular weight excluding hydrogens is 272 g/mol. The van der Waals surface area contributed by atoms with E-state index in [-0.39, 0.29) is 18.4 Å². The average molecular weight is 286 g/mol. The minimum absolute atomic E-state index is 0.143. The zero-order valence-corrected chi connectivity index (χ0v) is 11.7. The van der Waals surface area contributed by atoms with Crippen molar-refractivity contribution in [1.29, 1.82) is 0 Å². The molecule has 8 heteroatoms. The molecule has 1 aliphatic heterocycles. The van der Waals surface area contributed by atoms with E-state index in [2.05, 4.69) is 20.4 Å². The number of amides is 1. The third-order valence-electron chi connectivity index (χ3n) is 3.21. The van der Waals surface area contributed by atoms with Gasteiger partial charge < -0.3 is 4.74 Å². The van der Waals surface area contributed by atoms with Gasteiger partial charge in [-0.25, -0.2) is 4.68 Å². The molecule has 0 saturated heterocycles. The Kier molecular flexibility index (Phi) is 3.44. The molecule has 1 atom stereocenters. The van der Waals surface area contributed by atoms with Crippen LogP contribution >= 0.6 is 0 Å². The molecule has 2 aromatic heterocycles. The first-order chi connectivity index (χ1) is 10.2. The number of hydrogen-bond donors (Lipinski definition) is 0. The van der Waals surface area contributed by atoms with Crippen molar-refractivity contribution in [2.75, 3.05) is 12.1 Å². The Bertz CT molecular complexity index is 664. The minimum Gasteiger partial charge on any atom is -0.376 e. The van der Waals surface area contributed by atoms with Gasteiger partial charge in [0.1, 0.15) is 0 Å². The number of methoxy groups -OCH3 is 1. The number of carbonyl (C=O) groups is 1. The highest BCUT2D eigenvalue weighted by Gasteiger charge is 2.29. The molecule has 0 bridgehead atoms. The second-order valence-electron chi connectivity index (χ2n) is 4.55. The summed E-state index contributed by atoms with van der Waals surface area (Å²) in [5, 5.41) is 17.7. The molecule has 0 spiro atoms. The summed E-state index contributed by atoms with van der Waals surface area (Å²) in [6.45, 7) is 1.85. The van der Waals surface area contributed by atoms with Gasteiger partial charge in [0.05, 0.1) is 18.2 Å². The highest BCUT2D eigenvalue weighted by Crippen LogP contribution is 2.19. The van der Waals surface area contributed by atoms with Crippen LogP contribution in [-0.2, 0) is 9.53 Å². The molecule has 21 heavy (non-hydrogen) atoms. The van der Waals surface area contributed by atoms with Gasteiger partial charge in [-0.2, -0.15) is 15.2 Å². The van der Waals surface area contributed by atoms with Crippen LogP contribution in [0.5, 0.6) is 0 Å². The van der Waals surface area contributed by atoms with Crippen molar-refractivity contribution >= 4 is 17.4 Å². The smallest absolute Gasteiger partial charge is 0.254 e. The minimum atomic E-state index is -0.199. The van der Waals surface area contributed by atoms with Crippen molar-refractivity contribution < 1.29 is 9.53 Å². The molecule has 0 aliphatic carbocycles. The van der Waals surface area contributed by atoms with E-state index in [4.69, 9.17) is 4.74 Å². The second-order valence-corrected chi connectivity index (χ2v) is 4.55. The zero-order valence-electron chi connectivity index (χ0n) is 11.7. The molecule has 1 unspecified atom stereocenters. The first kappa shape index (κ1) is 13.4. The van der Waals surface area contributed by atoms with Gasteiger partial charge in [0.15, 0.2) is 11.6 Å². The molecule has 1 amide bonds. The van der Waals surface area contributed by atoms with Crippen LogP contribution in [0.15, 0.2) is 35.7 Å². The van der Waals surface area contributed by atoms with Crippen LogP contribution in [0.3, 0.4) is 0 Å². The van der Waals surface area contributed by atoms with Gasteiger partial charge >= 0.3 is 0 Å². The van der Waals surface area contributed by atoms with E-state index < -0.39 is 0 Å². The van der Waals surface area contributed by atoms with Crippen molar-refractivity contribution in [1.82, 2.24) is 20.0 Å². The molecule has 0 saturated carbocycles. The van der Waals surface area contributed by atoms with Crippen molar-refractivity contribution in [3.63, 3.8) is 0 Å². The van der Waals surface area contributed by atoms with Crippen molar-refractivity contribution in [2.45, 2.75) is 19.4 Å². The number of anilines is 1. The SMILES string of the molecule is COC(C)C1=NN(c2ccc(-n3cccn3)nn2)C(=O)C1. The summed E-state index contributed by atoms with van der Waals surface area (Å²) in [6, 6.07) is 5.21. The van der Waals surface area contributed by atoms with E-state index in [0.717, 1.165) is 0 Å². The Morgan fingerprint density at radius 1 is 1.29 bits per heavy atom.